The van der Waals surface area contributed by atoms with Gasteiger partial charge in [0.05, 0.1) is 5.02 Å². The van der Waals surface area contributed by atoms with Crippen molar-refractivity contribution < 1.29 is 4.39 Å². The minimum atomic E-state index is -0.468. The molecule has 20 heavy (non-hydrogen) atoms. The Labute approximate surface area is 121 Å². The molecule has 7 heteroatoms. The van der Waals surface area contributed by atoms with Crippen LogP contribution >= 0.6 is 11.6 Å². The normalized spacial score (nSPS) is 10.4. The summed E-state index contributed by atoms with van der Waals surface area (Å²) in [7, 11) is 3.68. The SMILES string of the molecule is CCNc1nc(-c2ccc(F)c(Cl)c2)nc(N(C)C)n1. The third-order valence-electron chi connectivity index (χ3n) is 2.54. The highest BCUT2D eigenvalue weighted by Crippen LogP contribution is 2.24. The van der Waals surface area contributed by atoms with Gasteiger partial charge in [-0.25, -0.2) is 4.39 Å². The number of hydrogen-bond donors (Lipinski definition) is 1. The Morgan fingerprint density at radius 2 is 2.00 bits per heavy atom. The average Bonchev–Trinajstić information content (AvgIpc) is 2.42. The molecule has 0 atom stereocenters. The maximum atomic E-state index is 13.2. The van der Waals surface area contributed by atoms with Gasteiger partial charge in [-0.1, -0.05) is 11.6 Å². The molecular weight excluding hydrogens is 281 g/mol. The largest absolute Gasteiger partial charge is 0.354 e. The van der Waals surface area contributed by atoms with Crippen LogP contribution < -0.4 is 10.2 Å². The Kier molecular flexibility index (Phi) is 4.34. The van der Waals surface area contributed by atoms with Crippen LogP contribution in [0.25, 0.3) is 11.4 Å². The Balaban J connectivity index is 2.51. The van der Waals surface area contributed by atoms with Crippen LogP contribution in [0.3, 0.4) is 0 Å². The third-order valence-corrected chi connectivity index (χ3v) is 2.83. The number of rotatable bonds is 4. The summed E-state index contributed by atoms with van der Waals surface area (Å²) in [5.74, 6) is 0.971. The van der Waals surface area contributed by atoms with Crippen LogP contribution in [0.1, 0.15) is 6.92 Å². The lowest BCUT2D eigenvalue weighted by atomic mass is 10.2. The van der Waals surface area contributed by atoms with Crippen LogP contribution in [0.4, 0.5) is 16.3 Å². The minimum absolute atomic E-state index is 0.0410. The lowest BCUT2D eigenvalue weighted by molar-refractivity contribution is 0.628. The van der Waals surface area contributed by atoms with Crippen LogP contribution in [-0.2, 0) is 0 Å². The Morgan fingerprint density at radius 3 is 2.60 bits per heavy atom. The maximum absolute atomic E-state index is 13.2. The standard InChI is InChI=1S/C13H15ClFN5/c1-4-16-12-17-11(18-13(19-12)20(2)3)8-5-6-10(15)9(14)7-8/h5-7H,4H2,1-3H3,(H,16,17,18,19). The molecule has 0 aliphatic rings. The molecule has 0 fully saturated rings. The fraction of sp³-hybridized carbons (Fsp3) is 0.308. The Hall–Kier alpha value is -1.95. The van der Waals surface area contributed by atoms with Gasteiger partial charge in [-0.05, 0) is 25.1 Å². The van der Waals surface area contributed by atoms with Crippen molar-refractivity contribution >= 4 is 23.5 Å². The predicted molar refractivity (Wildman–Crippen MR) is 78.7 cm³/mol. The minimum Gasteiger partial charge on any atom is -0.354 e. The molecule has 0 spiro atoms. The summed E-state index contributed by atoms with van der Waals surface area (Å²) in [5.41, 5.74) is 0.640. The topological polar surface area (TPSA) is 53.9 Å². The second kappa shape index (κ2) is 6.00. The van der Waals surface area contributed by atoms with Crippen LogP contribution in [0.15, 0.2) is 18.2 Å². The zero-order valence-electron chi connectivity index (χ0n) is 11.5. The smallest absolute Gasteiger partial charge is 0.230 e. The van der Waals surface area contributed by atoms with E-state index in [1.165, 1.54) is 12.1 Å². The highest BCUT2D eigenvalue weighted by atomic mass is 35.5. The molecule has 0 radical (unpaired) electrons. The summed E-state index contributed by atoms with van der Waals surface area (Å²) in [4.78, 5) is 14.7. The van der Waals surface area contributed by atoms with Crippen molar-refractivity contribution in [2.75, 3.05) is 30.9 Å². The van der Waals surface area contributed by atoms with Crippen LogP contribution in [0.2, 0.25) is 5.02 Å². The number of hydrogen-bond acceptors (Lipinski definition) is 5. The van der Waals surface area contributed by atoms with Crippen molar-refractivity contribution in [3.05, 3.63) is 29.0 Å². The van der Waals surface area contributed by atoms with E-state index < -0.39 is 5.82 Å². The van der Waals surface area contributed by atoms with Crippen LogP contribution in [-0.4, -0.2) is 35.6 Å². The fourth-order valence-electron chi connectivity index (χ4n) is 1.57. The van der Waals surface area contributed by atoms with Gasteiger partial charge < -0.3 is 10.2 Å². The monoisotopic (exact) mass is 295 g/mol. The number of nitrogens with zero attached hydrogens (tertiary/aromatic N) is 4. The van der Waals surface area contributed by atoms with E-state index in [0.29, 0.717) is 29.8 Å². The highest BCUT2D eigenvalue weighted by molar-refractivity contribution is 6.31. The molecule has 0 saturated carbocycles. The van der Waals surface area contributed by atoms with Gasteiger partial charge in [-0.15, -0.1) is 0 Å². The fourth-order valence-corrected chi connectivity index (χ4v) is 1.75. The molecule has 1 heterocycles. The molecule has 0 unspecified atom stereocenters. The van der Waals surface area contributed by atoms with Gasteiger partial charge in [-0.2, -0.15) is 15.0 Å². The molecule has 1 N–H and O–H groups in total. The van der Waals surface area contributed by atoms with E-state index in [0.717, 1.165) is 0 Å². The summed E-state index contributed by atoms with van der Waals surface area (Å²) in [6.07, 6.45) is 0. The summed E-state index contributed by atoms with van der Waals surface area (Å²) in [5, 5.41) is 3.08. The molecule has 0 aliphatic carbocycles. The molecule has 0 bridgehead atoms. The van der Waals surface area contributed by atoms with E-state index in [4.69, 9.17) is 11.6 Å². The Morgan fingerprint density at radius 1 is 1.25 bits per heavy atom. The molecule has 2 aromatic rings. The first kappa shape index (κ1) is 14.5. The molecule has 0 saturated heterocycles. The van der Waals surface area contributed by atoms with Crippen molar-refractivity contribution in [2.45, 2.75) is 6.92 Å². The third kappa shape index (κ3) is 3.14. The van der Waals surface area contributed by atoms with Gasteiger partial charge in [0.25, 0.3) is 0 Å². The van der Waals surface area contributed by atoms with Gasteiger partial charge in [0, 0.05) is 26.2 Å². The maximum Gasteiger partial charge on any atom is 0.230 e. The highest BCUT2D eigenvalue weighted by Gasteiger charge is 2.11. The van der Waals surface area contributed by atoms with E-state index in [-0.39, 0.29) is 5.02 Å². The first-order chi connectivity index (χ1) is 9.51. The molecule has 1 aromatic carbocycles. The number of benzene rings is 1. The van der Waals surface area contributed by atoms with Gasteiger partial charge in [0.1, 0.15) is 5.82 Å². The van der Waals surface area contributed by atoms with Crippen LogP contribution in [0, 0.1) is 5.82 Å². The molecule has 2 rings (SSSR count). The summed E-state index contributed by atoms with van der Waals surface area (Å²) < 4.78 is 13.2. The first-order valence-electron chi connectivity index (χ1n) is 6.14. The zero-order chi connectivity index (χ0) is 14.7. The second-order valence-corrected chi connectivity index (χ2v) is 4.74. The van der Waals surface area contributed by atoms with Gasteiger partial charge in [-0.3, -0.25) is 0 Å². The molecule has 0 amide bonds. The molecule has 1 aromatic heterocycles. The van der Waals surface area contributed by atoms with Gasteiger partial charge in [0.15, 0.2) is 5.82 Å². The molecule has 5 nitrogen and oxygen atoms in total. The number of nitrogens with one attached hydrogen (secondary N) is 1. The van der Waals surface area contributed by atoms with E-state index in [1.54, 1.807) is 11.0 Å². The van der Waals surface area contributed by atoms with Crippen molar-refractivity contribution in [3.8, 4) is 11.4 Å². The van der Waals surface area contributed by atoms with Crippen LogP contribution in [0.5, 0.6) is 0 Å². The number of halogens is 2. The second-order valence-electron chi connectivity index (χ2n) is 4.34. The van der Waals surface area contributed by atoms with Crippen molar-refractivity contribution in [1.29, 1.82) is 0 Å². The Bertz CT molecular complexity index is 618. The van der Waals surface area contributed by atoms with Crippen molar-refractivity contribution in [3.63, 3.8) is 0 Å². The summed E-state index contributed by atoms with van der Waals surface area (Å²) >= 11 is 5.79. The van der Waals surface area contributed by atoms with E-state index in [1.807, 2.05) is 21.0 Å². The van der Waals surface area contributed by atoms with E-state index in [9.17, 15) is 4.39 Å². The van der Waals surface area contributed by atoms with Crippen molar-refractivity contribution in [1.82, 2.24) is 15.0 Å². The predicted octanol–water partition coefficient (Wildman–Crippen LogP) is 2.83. The summed E-state index contributed by atoms with van der Waals surface area (Å²) in [6, 6.07) is 4.39. The summed E-state index contributed by atoms with van der Waals surface area (Å²) in [6.45, 7) is 2.65. The number of aromatic nitrogens is 3. The lowest BCUT2D eigenvalue weighted by Crippen LogP contribution is -2.15. The molecule has 0 aliphatic heterocycles. The molecular formula is C13H15ClFN5. The first-order valence-corrected chi connectivity index (χ1v) is 6.51. The van der Waals surface area contributed by atoms with Gasteiger partial charge >= 0.3 is 0 Å². The van der Waals surface area contributed by atoms with E-state index >= 15 is 0 Å². The van der Waals surface area contributed by atoms with E-state index in [2.05, 4.69) is 20.3 Å². The molecule has 106 valence electrons. The van der Waals surface area contributed by atoms with Crippen molar-refractivity contribution in [2.24, 2.45) is 0 Å². The zero-order valence-corrected chi connectivity index (χ0v) is 12.2. The van der Waals surface area contributed by atoms with Gasteiger partial charge in [0.2, 0.25) is 11.9 Å². The lowest BCUT2D eigenvalue weighted by Gasteiger charge is -2.13. The quantitative estimate of drug-likeness (QED) is 0.940. The number of anilines is 2. The average molecular weight is 296 g/mol.